The van der Waals surface area contributed by atoms with Crippen LogP contribution in [0.15, 0.2) is 97.2 Å². The van der Waals surface area contributed by atoms with Crippen LogP contribution in [0.4, 0.5) is 25.8 Å². The third-order valence-electron chi connectivity index (χ3n) is 14.7. The molecule has 4 aliphatic heterocycles. The summed E-state index contributed by atoms with van der Waals surface area (Å²) in [5.74, 6) is -0.891. The number of pyridine rings is 1. The average Bonchev–Trinajstić information content (AvgIpc) is 3.96. The molecular formula is C53H56F2N8O6. The van der Waals surface area contributed by atoms with Gasteiger partial charge in [-0.2, -0.15) is 0 Å². The molecule has 4 saturated heterocycles. The number of piperazine rings is 1. The van der Waals surface area contributed by atoms with Crippen LogP contribution < -0.4 is 30.9 Å². The number of anilines is 3. The number of amides is 5. The van der Waals surface area contributed by atoms with E-state index in [1.54, 1.807) is 42.6 Å². The van der Waals surface area contributed by atoms with Gasteiger partial charge in [0.2, 0.25) is 29.5 Å². The molecular weight excluding hydrogens is 883 g/mol. The van der Waals surface area contributed by atoms with E-state index in [-0.39, 0.29) is 29.5 Å². The zero-order valence-electron chi connectivity index (χ0n) is 38.4. The second kappa shape index (κ2) is 19.7. The summed E-state index contributed by atoms with van der Waals surface area (Å²) in [5.41, 5.74) is 2.80. The van der Waals surface area contributed by atoms with Crippen LogP contribution in [0, 0.1) is 23.0 Å². The molecule has 0 spiro atoms. The quantitative estimate of drug-likeness (QED) is 0.0604. The SMILES string of the molecule is O=C(CCc1ccc(C2CCC(=O)NC2=O)cc1)NCCN1C[C@@H]2C[C@H]1CN2CC1CCN(c2cc3nccc(Oc4ccc(NC(=O)C5(C(=O)Nc6ccc(F)cc6)CC5)cc4)c3cc2F)CC1. The fourth-order valence-electron chi connectivity index (χ4n) is 10.5. The van der Waals surface area contributed by atoms with Gasteiger partial charge >= 0.3 is 0 Å². The molecule has 69 heavy (non-hydrogen) atoms. The van der Waals surface area contributed by atoms with E-state index in [1.165, 1.54) is 30.3 Å². The molecule has 1 aromatic heterocycles. The van der Waals surface area contributed by atoms with E-state index < -0.39 is 23.0 Å². The van der Waals surface area contributed by atoms with Crippen LogP contribution in [0.3, 0.4) is 0 Å². The van der Waals surface area contributed by atoms with Gasteiger partial charge in [-0.1, -0.05) is 24.3 Å². The number of aryl methyl sites for hydroxylation is 1. The van der Waals surface area contributed by atoms with Crippen LogP contribution in [0.2, 0.25) is 0 Å². The van der Waals surface area contributed by atoms with Gasteiger partial charge in [0.1, 0.15) is 28.5 Å². The third-order valence-corrected chi connectivity index (χ3v) is 14.7. The number of ether oxygens (including phenoxy) is 1. The molecule has 10 rings (SSSR count). The summed E-state index contributed by atoms with van der Waals surface area (Å²) >= 11 is 0. The number of piperidine rings is 2. The first-order chi connectivity index (χ1) is 33.5. The standard InChI is InChI=1S/C53H56F2N8O6/c54-36-6-8-37(9-7-36)58-51(67)53(20-21-53)52(68)59-38-10-12-41(13-11-38)69-47-17-22-56-45-29-46(44(55)28-43(45)47)61-24-18-34(19-25-61)30-63-32-39-27-40(63)31-62(39)26-23-57-48(64)15-3-33-1-4-35(5-2-33)42-14-16-49(65)60-50(42)66/h1-2,4-13,17,22,28-29,34,39-40,42H,3,14-16,18-21,23-27,30-32H2,(H,57,64)(H,58,67)(H,59,68)(H,60,65,66)/t39-,40-,42?/m0/s1. The number of hydrogen-bond donors (Lipinski definition) is 4. The molecule has 0 radical (unpaired) electrons. The Balaban J connectivity index is 0.646. The summed E-state index contributed by atoms with van der Waals surface area (Å²) in [6.07, 6.45) is 7.44. The molecule has 5 amide bonds. The van der Waals surface area contributed by atoms with Crippen LogP contribution in [0.5, 0.6) is 11.5 Å². The minimum atomic E-state index is -1.19. The van der Waals surface area contributed by atoms with Crippen molar-refractivity contribution < 1.29 is 37.5 Å². The van der Waals surface area contributed by atoms with Crippen molar-refractivity contribution in [3.63, 3.8) is 0 Å². The number of halogens is 2. The largest absolute Gasteiger partial charge is 0.457 e. The number of carbonyl (C=O) groups is 5. The van der Waals surface area contributed by atoms with Gasteiger partial charge in [0.05, 0.1) is 17.1 Å². The Labute approximate surface area is 399 Å². The number of rotatable bonds is 16. The van der Waals surface area contributed by atoms with E-state index in [0.717, 1.165) is 69.7 Å². The van der Waals surface area contributed by atoms with Crippen molar-refractivity contribution in [2.45, 2.75) is 75.8 Å². The second-order valence-electron chi connectivity index (χ2n) is 19.3. The van der Waals surface area contributed by atoms with Crippen LogP contribution in [-0.2, 0) is 30.4 Å². The molecule has 1 aliphatic carbocycles. The maximum atomic E-state index is 15.9. The minimum absolute atomic E-state index is 0.0312. The van der Waals surface area contributed by atoms with Crippen LogP contribution in [-0.4, -0.2) is 102 Å². The van der Waals surface area contributed by atoms with Crippen molar-refractivity contribution in [1.29, 1.82) is 0 Å². The van der Waals surface area contributed by atoms with Gasteiger partial charge in [-0.3, -0.25) is 44.1 Å². The highest BCUT2D eigenvalue weighted by atomic mass is 19.1. The van der Waals surface area contributed by atoms with Crippen molar-refractivity contribution in [3.8, 4) is 11.5 Å². The molecule has 1 saturated carbocycles. The predicted molar refractivity (Wildman–Crippen MR) is 257 cm³/mol. The first kappa shape index (κ1) is 46.0. The van der Waals surface area contributed by atoms with Crippen molar-refractivity contribution in [2.24, 2.45) is 11.3 Å². The summed E-state index contributed by atoms with van der Waals surface area (Å²) in [6.45, 7) is 6.05. The summed E-state index contributed by atoms with van der Waals surface area (Å²) < 4.78 is 35.4. The first-order valence-corrected chi connectivity index (χ1v) is 24.1. The Bertz CT molecular complexity index is 2740. The lowest BCUT2D eigenvalue weighted by atomic mass is 9.90. The third kappa shape index (κ3) is 10.3. The number of imide groups is 1. The molecule has 4 aromatic carbocycles. The highest BCUT2D eigenvalue weighted by molar-refractivity contribution is 6.17. The molecule has 5 heterocycles. The van der Waals surface area contributed by atoms with Gasteiger partial charge in [-0.15, -0.1) is 0 Å². The highest BCUT2D eigenvalue weighted by Gasteiger charge is 2.56. The van der Waals surface area contributed by atoms with Gasteiger partial charge in [0.25, 0.3) is 0 Å². The van der Waals surface area contributed by atoms with Crippen LogP contribution >= 0.6 is 0 Å². The Morgan fingerprint density at radius 1 is 0.812 bits per heavy atom. The lowest BCUT2D eigenvalue weighted by Crippen LogP contribution is -2.50. The number of aromatic nitrogens is 1. The predicted octanol–water partition coefficient (Wildman–Crippen LogP) is 6.91. The number of likely N-dealkylation sites (tertiary alicyclic amines) is 2. The smallest absolute Gasteiger partial charge is 0.240 e. The summed E-state index contributed by atoms with van der Waals surface area (Å²) in [7, 11) is 0. The van der Waals surface area contributed by atoms with Crippen LogP contribution in [0.1, 0.15) is 68.4 Å². The molecule has 14 nitrogen and oxygen atoms in total. The zero-order valence-corrected chi connectivity index (χ0v) is 38.4. The minimum Gasteiger partial charge on any atom is -0.457 e. The van der Waals surface area contributed by atoms with Crippen molar-refractivity contribution in [2.75, 3.05) is 61.3 Å². The monoisotopic (exact) mass is 938 g/mol. The number of fused-ring (bicyclic) bond motifs is 3. The Hall–Kier alpha value is -6.78. The molecule has 5 fully saturated rings. The molecule has 1 unspecified atom stereocenters. The van der Waals surface area contributed by atoms with Gasteiger partial charge in [0, 0.05) is 93.7 Å². The Morgan fingerprint density at radius 2 is 1.49 bits per heavy atom. The summed E-state index contributed by atoms with van der Waals surface area (Å²) in [5, 5.41) is 11.6. The molecule has 5 aliphatic rings. The fraction of sp³-hybridized carbons (Fsp3) is 0.396. The fourth-order valence-corrected chi connectivity index (χ4v) is 10.5. The van der Waals surface area contributed by atoms with Crippen molar-refractivity contribution >= 4 is 57.5 Å². The summed E-state index contributed by atoms with van der Waals surface area (Å²) in [6, 6.07) is 25.9. The Kier molecular flexibility index (Phi) is 13.1. The summed E-state index contributed by atoms with van der Waals surface area (Å²) in [4.78, 5) is 74.4. The highest BCUT2D eigenvalue weighted by Crippen LogP contribution is 2.48. The number of benzene rings is 4. The van der Waals surface area contributed by atoms with E-state index in [2.05, 4.69) is 41.0 Å². The van der Waals surface area contributed by atoms with Gasteiger partial charge < -0.3 is 25.6 Å². The van der Waals surface area contributed by atoms with E-state index in [4.69, 9.17) is 4.74 Å². The molecule has 2 bridgehead atoms. The Morgan fingerprint density at radius 3 is 2.16 bits per heavy atom. The molecule has 358 valence electrons. The lowest BCUT2D eigenvalue weighted by Gasteiger charge is -2.39. The number of nitrogens with zero attached hydrogens (tertiary/aromatic N) is 4. The van der Waals surface area contributed by atoms with Gasteiger partial charge in [-0.25, -0.2) is 8.78 Å². The number of nitrogens with one attached hydrogen (secondary N) is 4. The van der Waals surface area contributed by atoms with Crippen molar-refractivity contribution in [1.82, 2.24) is 25.4 Å². The van der Waals surface area contributed by atoms with Gasteiger partial charge in [0.15, 0.2) is 0 Å². The van der Waals surface area contributed by atoms with Crippen LogP contribution in [0.25, 0.3) is 10.9 Å². The maximum absolute atomic E-state index is 15.9. The van der Waals surface area contributed by atoms with E-state index in [1.807, 2.05) is 24.3 Å². The lowest BCUT2D eigenvalue weighted by molar-refractivity contribution is -0.134. The van der Waals surface area contributed by atoms with Gasteiger partial charge in [-0.05, 0) is 129 Å². The van der Waals surface area contributed by atoms with E-state index in [0.29, 0.717) is 103 Å². The maximum Gasteiger partial charge on any atom is 0.240 e. The topological polar surface area (TPSA) is 165 Å². The molecule has 4 N–H and O–H groups in total. The second-order valence-corrected chi connectivity index (χ2v) is 19.3. The average molecular weight is 939 g/mol. The zero-order chi connectivity index (χ0) is 47.6. The molecule has 16 heteroatoms. The number of hydrogen-bond acceptors (Lipinski definition) is 10. The molecule has 3 atom stereocenters. The van der Waals surface area contributed by atoms with E-state index in [9.17, 15) is 28.4 Å². The normalized spacial score (nSPS) is 21.2. The first-order valence-electron chi connectivity index (χ1n) is 24.1. The van der Waals surface area contributed by atoms with Crippen molar-refractivity contribution in [3.05, 3.63) is 120 Å². The van der Waals surface area contributed by atoms with E-state index >= 15 is 4.39 Å². The number of carbonyl (C=O) groups excluding carboxylic acids is 5. The molecule has 5 aromatic rings.